The smallest absolute Gasteiger partial charge is 0.249 e. The lowest BCUT2D eigenvalue weighted by atomic mass is 10.3. The zero-order valence-electron chi connectivity index (χ0n) is 11.0. The summed E-state index contributed by atoms with van der Waals surface area (Å²) in [7, 11) is 1.84. The van der Waals surface area contributed by atoms with Crippen LogP contribution in [0.5, 0.6) is 0 Å². The fourth-order valence-electron chi connectivity index (χ4n) is 1.63. The second-order valence-electron chi connectivity index (χ2n) is 4.26. The van der Waals surface area contributed by atoms with Crippen molar-refractivity contribution in [3.05, 3.63) is 47.8 Å². The van der Waals surface area contributed by atoms with E-state index in [1.807, 2.05) is 32.2 Å². The number of carbonyl (C=O) groups excluding carboxylic acids is 1. The third kappa shape index (κ3) is 3.89. The van der Waals surface area contributed by atoms with E-state index in [0.717, 1.165) is 17.1 Å². The molecular weight excluding hydrogens is 244 g/mol. The van der Waals surface area contributed by atoms with Crippen LogP contribution in [0, 0.1) is 6.92 Å². The molecule has 0 bridgehead atoms. The van der Waals surface area contributed by atoms with Crippen molar-refractivity contribution in [1.82, 2.24) is 20.0 Å². The van der Waals surface area contributed by atoms with Crippen molar-refractivity contribution in [2.45, 2.75) is 20.0 Å². The van der Waals surface area contributed by atoms with Gasteiger partial charge in [-0.05, 0) is 19.1 Å². The topological polar surface area (TPSA) is 69.0 Å². The van der Waals surface area contributed by atoms with Gasteiger partial charge in [-0.25, -0.2) is 10.5 Å². The predicted octanol–water partition coefficient (Wildman–Crippen LogP) is 0.914. The van der Waals surface area contributed by atoms with Crippen LogP contribution in [0.1, 0.15) is 17.1 Å². The molecule has 2 aromatic heterocycles. The summed E-state index contributed by atoms with van der Waals surface area (Å²) in [6.45, 7) is 2.16. The van der Waals surface area contributed by atoms with Gasteiger partial charge in [0.15, 0.2) is 0 Å². The molecule has 6 heteroatoms. The number of carbonyl (C=O) groups is 1. The highest BCUT2D eigenvalue weighted by molar-refractivity contribution is 5.76. The van der Waals surface area contributed by atoms with E-state index < -0.39 is 0 Å². The highest BCUT2D eigenvalue weighted by Crippen LogP contribution is 2.00. The Morgan fingerprint density at radius 2 is 2.32 bits per heavy atom. The number of imidazole rings is 1. The Kier molecular flexibility index (Phi) is 4.25. The summed E-state index contributed by atoms with van der Waals surface area (Å²) in [5.41, 5.74) is 4.92. The molecule has 1 N–H and O–H groups in total. The van der Waals surface area contributed by atoms with Crippen LogP contribution in [0.2, 0.25) is 0 Å². The summed E-state index contributed by atoms with van der Waals surface area (Å²) >= 11 is 0. The predicted molar refractivity (Wildman–Crippen MR) is 68.8 cm³/mol. The molecule has 6 nitrogen and oxygen atoms in total. The van der Waals surface area contributed by atoms with Crippen molar-refractivity contribution in [3.63, 3.8) is 0 Å². The number of amides is 1. The minimum Gasteiger partial charge on any atom is -0.337 e. The summed E-state index contributed by atoms with van der Waals surface area (Å²) in [6.07, 6.45) is 3.54. The monoisotopic (exact) mass is 260 g/mol. The first-order chi connectivity index (χ1) is 9.15. The van der Waals surface area contributed by atoms with Crippen molar-refractivity contribution < 1.29 is 9.63 Å². The van der Waals surface area contributed by atoms with Gasteiger partial charge in [0, 0.05) is 24.6 Å². The molecule has 2 rings (SSSR count). The average Bonchev–Trinajstić information content (AvgIpc) is 2.75. The molecule has 0 saturated heterocycles. The van der Waals surface area contributed by atoms with Crippen molar-refractivity contribution in [2.24, 2.45) is 7.05 Å². The van der Waals surface area contributed by atoms with Crippen molar-refractivity contribution >= 4 is 5.91 Å². The van der Waals surface area contributed by atoms with Gasteiger partial charge in [-0.3, -0.25) is 14.6 Å². The van der Waals surface area contributed by atoms with Crippen molar-refractivity contribution in [1.29, 1.82) is 0 Å². The first-order valence-corrected chi connectivity index (χ1v) is 5.93. The van der Waals surface area contributed by atoms with Gasteiger partial charge in [0.2, 0.25) is 5.91 Å². The van der Waals surface area contributed by atoms with Crippen LogP contribution in [0.3, 0.4) is 0 Å². The molecule has 0 aliphatic carbocycles. The number of hydrogen-bond donors (Lipinski definition) is 1. The van der Waals surface area contributed by atoms with E-state index in [0.29, 0.717) is 0 Å². The third-order valence-corrected chi connectivity index (χ3v) is 2.61. The normalized spacial score (nSPS) is 10.4. The fourth-order valence-corrected chi connectivity index (χ4v) is 1.63. The fraction of sp³-hybridized carbons (Fsp3) is 0.308. The number of rotatable bonds is 5. The maximum Gasteiger partial charge on any atom is 0.249 e. The summed E-state index contributed by atoms with van der Waals surface area (Å²) in [5.74, 6) is -0.212. The first kappa shape index (κ1) is 13.2. The molecule has 0 saturated carbocycles. The van der Waals surface area contributed by atoms with Crippen LogP contribution in [-0.4, -0.2) is 20.4 Å². The van der Waals surface area contributed by atoms with Gasteiger partial charge in [0.25, 0.3) is 0 Å². The van der Waals surface area contributed by atoms with E-state index in [1.165, 1.54) is 0 Å². The molecule has 0 aliphatic heterocycles. The number of hydrogen-bond acceptors (Lipinski definition) is 4. The van der Waals surface area contributed by atoms with Crippen molar-refractivity contribution in [2.75, 3.05) is 0 Å². The molecule has 2 aromatic rings. The molecule has 0 atom stereocenters. The average molecular weight is 260 g/mol. The van der Waals surface area contributed by atoms with Gasteiger partial charge in [-0.2, -0.15) is 0 Å². The number of aryl methyl sites for hydroxylation is 2. The minimum atomic E-state index is -0.212. The zero-order valence-corrected chi connectivity index (χ0v) is 11.0. The summed E-state index contributed by atoms with van der Waals surface area (Å²) in [4.78, 5) is 25.0. The van der Waals surface area contributed by atoms with Crippen LogP contribution in [-0.2, 0) is 29.7 Å². The summed E-state index contributed by atoms with van der Waals surface area (Å²) in [6, 6.07) is 5.66. The Hall–Kier alpha value is -2.21. The quantitative estimate of drug-likeness (QED) is 0.811. The van der Waals surface area contributed by atoms with E-state index in [2.05, 4.69) is 15.4 Å². The molecule has 0 fully saturated rings. The standard InChI is InChI=1S/C13H16N4O2/c1-10-4-3-5-11(15-10)8-19-16-13(18)6-12-7-14-9-17(12)2/h3-5,7,9H,6,8H2,1-2H3,(H,16,18). The lowest BCUT2D eigenvalue weighted by molar-refractivity contribution is -0.134. The Morgan fingerprint density at radius 1 is 1.47 bits per heavy atom. The first-order valence-electron chi connectivity index (χ1n) is 5.93. The lowest BCUT2D eigenvalue weighted by Gasteiger charge is -2.06. The largest absolute Gasteiger partial charge is 0.337 e. The number of aromatic nitrogens is 3. The van der Waals surface area contributed by atoms with Crippen LogP contribution < -0.4 is 5.48 Å². The van der Waals surface area contributed by atoms with E-state index in [9.17, 15) is 4.79 Å². The number of pyridine rings is 1. The third-order valence-electron chi connectivity index (χ3n) is 2.61. The molecule has 100 valence electrons. The lowest BCUT2D eigenvalue weighted by Crippen LogP contribution is -2.26. The van der Waals surface area contributed by atoms with Crippen LogP contribution in [0.4, 0.5) is 0 Å². The van der Waals surface area contributed by atoms with Gasteiger partial charge in [0.05, 0.1) is 18.4 Å². The Bertz CT molecular complexity index is 565. The Labute approximate surface area is 111 Å². The van der Waals surface area contributed by atoms with Gasteiger partial charge in [-0.1, -0.05) is 6.07 Å². The number of nitrogens with one attached hydrogen (secondary N) is 1. The number of hydroxylamine groups is 1. The van der Waals surface area contributed by atoms with Crippen LogP contribution >= 0.6 is 0 Å². The summed E-state index contributed by atoms with van der Waals surface area (Å²) < 4.78 is 1.79. The van der Waals surface area contributed by atoms with E-state index >= 15 is 0 Å². The SMILES string of the molecule is Cc1cccc(CONC(=O)Cc2cncn2C)n1. The summed E-state index contributed by atoms with van der Waals surface area (Å²) in [5, 5.41) is 0. The minimum absolute atomic E-state index is 0.212. The van der Waals surface area contributed by atoms with E-state index in [4.69, 9.17) is 4.84 Å². The maximum atomic E-state index is 11.6. The van der Waals surface area contributed by atoms with Gasteiger partial charge in [0.1, 0.15) is 6.61 Å². The molecule has 0 spiro atoms. The highest BCUT2D eigenvalue weighted by Gasteiger charge is 2.06. The molecule has 1 amide bonds. The second-order valence-corrected chi connectivity index (χ2v) is 4.26. The second kappa shape index (κ2) is 6.10. The van der Waals surface area contributed by atoms with Gasteiger partial charge < -0.3 is 4.57 Å². The molecule has 0 aromatic carbocycles. The van der Waals surface area contributed by atoms with Gasteiger partial charge in [-0.15, -0.1) is 0 Å². The molecule has 0 unspecified atom stereocenters. The zero-order chi connectivity index (χ0) is 13.7. The molecular formula is C13H16N4O2. The van der Waals surface area contributed by atoms with E-state index in [1.54, 1.807) is 17.1 Å². The molecule has 19 heavy (non-hydrogen) atoms. The van der Waals surface area contributed by atoms with Gasteiger partial charge >= 0.3 is 0 Å². The molecule has 2 heterocycles. The van der Waals surface area contributed by atoms with Crippen molar-refractivity contribution in [3.8, 4) is 0 Å². The Morgan fingerprint density at radius 3 is 3.00 bits per heavy atom. The van der Waals surface area contributed by atoms with E-state index in [-0.39, 0.29) is 18.9 Å². The molecule has 0 aliphatic rings. The maximum absolute atomic E-state index is 11.6. The number of nitrogens with zero attached hydrogens (tertiary/aromatic N) is 3. The van der Waals surface area contributed by atoms with Crippen LogP contribution in [0.25, 0.3) is 0 Å². The highest BCUT2D eigenvalue weighted by atomic mass is 16.6. The molecule has 0 radical (unpaired) electrons. The van der Waals surface area contributed by atoms with Crippen LogP contribution in [0.15, 0.2) is 30.7 Å². The Balaban J connectivity index is 1.77.